The van der Waals surface area contributed by atoms with Crippen LogP contribution in [0.3, 0.4) is 0 Å². The maximum absolute atomic E-state index is 13.7. The fraction of sp³-hybridized carbons (Fsp3) is 0.107. The van der Waals surface area contributed by atoms with Gasteiger partial charge < -0.3 is 9.88 Å². The highest BCUT2D eigenvalue weighted by Crippen LogP contribution is 2.42. The zero-order valence-corrected chi connectivity index (χ0v) is 18.9. The number of hydrogen-bond donors (Lipinski definition) is 1. The molecule has 0 saturated heterocycles. The summed E-state index contributed by atoms with van der Waals surface area (Å²) in [6.45, 7) is 1.81. The van der Waals surface area contributed by atoms with Gasteiger partial charge in [-0.05, 0) is 59.2 Å². The normalized spacial score (nSPS) is 11.0. The second-order valence-corrected chi connectivity index (χ2v) is 8.05. The number of aromatic nitrogens is 3. The van der Waals surface area contributed by atoms with Crippen molar-refractivity contribution in [2.45, 2.75) is 13.3 Å². The molecule has 34 heavy (non-hydrogen) atoms. The lowest BCUT2D eigenvalue weighted by atomic mass is 9.97. The lowest BCUT2D eigenvalue weighted by molar-refractivity contribution is -0.115. The maximum atomic E-state index is 13.7. The van der Waals surface area contributed by atoms with Crippen LogP contribution in [0.5, 0.6) is 0 Å². The zero-order chi connectivity index (χ0) is 23.7. The predicted octanol–water partition coefficient (Wildman–Crippen LogP) is 6.46. The zero-order valence-electron chi connectivity index (χ0n) is 18.9. The summed E-state index contributed by atoms with van der Waals surface area (Å²) in [6.07, 6.45) is 3.86. The molecule has 168 valence electrons. The number of carbonyl (C=O) groups excluding carboxylic acids is 1. The molecule has 0 radical (unpaired) electrons. The summed E-state index contributed by atoms with van der Waals surface area (Å²) in [5.74, 6) is 0.117. The fourth-order valence-electron chi connectivity index (χ4n) is 4.25. The molecule has 6 heteroatoms. The average molecular weight is 451 g/mol. The highest BCUT2D eigenvalue weighted by Gasteiger charge is 2.22. The van der Waals surface area contributed by atoms with Crippen molar-refractivity contribution in [3.05, 3.63) is 91.0 Å². The van der Waals surface area contributed by atoms with Crippen molar-refractivity contribution in [2.75, 3.05) is 5.32 Å². The van der Waals surface area contributed by atoms with Crippen LogP contribution in [0, 0.1) is 5.82 Å². The van der Waals surface area contributed by atoms with Crippen LogP contribution in [0.25, 0.3) is 44.5 Å². The van der Waals surface area contributed by atoms with Crippen molar-refractivity contribution in [1.29, 1.82) is 0 Å². The lowest BCUT2D eigenvalue weighted by Gasteiger charge is -2.11. The van der Waals surface area contributed by atoms with Gasteiger partial charge >= 0.3 is 0 Å². The third-order valence-electron chi connectivity index (χ3n) is 5.91. The Morgan fingerprint density at radius 2 is 1.65 bits per heavy atom. The number of pyridine rings is 2. The second kappa shape index (κ2) is 8.90. The summed E-state index contributed by atoms with van der Waals surface area (Å²) < 4.78 is 15.7. The number of benzene rings is 2. The van der Waals surface area contributed by atoms with Crippen LogP contribution in [0.15, 0.2) is 85.2 Å². The Morgan fingerprint density at radius 1 is 0.941 bits per heavy atom. The molecule has 0 spiro atoms. The Morgan fingerprint density at radius 3 is 2.32 bits per heavy atom. The van der Waals surface area contributed by atoms with Crippen molar-refractivity contribution in [1.82, 2.24) is 14.5 Å². The summed E-state index contributed by atoms with van der Waals surface area (Å²) in [7, 11) is 1.94. The molecule has 1 N–H and O–H groups in total. The first kappa shape index (κ1) is 21.5. The van der Waals surface area contributed by atoms with Crippen molar-refractivity contribution >= 4 is 22.8 Å². The molecule has 5 rings (SSSR count). The van der Waals surface area contributed by atoms with Gasteiger partial charge in [-0.15, -0.1) is 0 Å². The number of nitrogens with zero attached hydrogens (tertiary/aromatic N) is 3. The van der Waals surface area contributed by atoms with E-state index in [0.29, 0.717) is 12.2 Å². The van der Waals surface area contributed by atoms with E-state index in [1.165, 1.54) is 12.1 Å². The molecule has 0 atom stereocenters. The van der Waals surface area contributed by atoms with Crippen LogP contribution >= 0.6 is 0 Å². The lowest BCUT2D eigenvalue weighted by Crippen LogP contribution is -2.12. The van der Waals surface area contributed by atoms with E-state index < -0.39 is 0 Å². The van der Waals surface area contributed by atoms with E-state index in [9.17, 15) is 9.18 Å². The highest BCUT2D eigenvalue weighted by atomic mass is 19.1. The van der Waals surface area contributed by atoms with Gasteiger partial charge in [0, 0.05) is 42.4 Å². The Labute approximate surface area is 196 Å². The number of aryl methyl sites for hydroxylation is 1. The van der Waals surface area contributed by atoms with E-state index in [1.54, 1.807) is 24.5 Å². The average Bonchev–Trinajstić information content (AvgIpc) is 3.16. The van der Waals surface area contributed by atoms with Gasteiger partial charge in [0.2, 0.25) is 5.91 Å². The van der Waals surface area contributed by atoms with Crippen LogP contribution in [0.4, 0.5) is 10.2 Å². The van der Waals surface area contributed by atoms with Crippen molar-refractivity contribution in [3.63, 3.8) is 0 Å². The first-order chi connectivity index (χ1) is 16.6. The van der Waals surface area contributed by atoms with E-state index in [4.69, 9.17) is 4.98 Å². The summed E-state index contributed by atoms with van der Waals surface area (Å²) in [6, 6.07) is 22.3. The van der Waals surface area contributed by atoms with E-state index in [2.05, 4.69) is 16.4 Å². The van der Waals surface area contributed by atoms with Crippen LogP contribution < -0.4 is 5.32 Å². The summed E-state index contributed by atoms with van der Waals surface area (Å²) >= 11 is 0. The Bertz CT molecular complexity index is 1480. The van der Waals surface area contributed by atoms with E-state index in [0.717, 1.165) is 44.5 Å². The van der Waals surface area contributed by atoms with Crippen LogP contribution in [0.2, 0.25) is 0 Å². The molecule has 0 aliphatic rings. The number of halogens is 1. The van der Waals surface area contributed by atoms with Crippen molar-refractivity contribution < 1.29 is 9.18 Å². The molecule has 0 unspecified atom stereocenters. The van der Waals surface area contributed by atoms with E-state index in [-0.39, 0.29) is 11.7 Å². The molecule has 1 amide bonds. The number of nitrogens with one attached hydrogen (secondary N) is 1. The molecule has 3 aromatic heterocycles. The Balaban J connectivity index is 1.87. The van der Waals surface area contributed by atoms with Gasteiger partial charge in [-0.25, -0.2) is 9.37 Å². The monoisotopic (exact) mass is 450 g/mol. The third-order valence-corrected chi connectivity index (χ3v) is 5.91. The molecule has 2 aromatic carbocycles. The fourth-order valence-corrected chi connectivity index (χ4v) is 4.25. The molecule has 5 aromatic rings. The first-order valence-corrected chi connectivity index (χ1v) is 11.1. The highest BCUT2D eigenvalue weighted by molar-refractivity contribution is 6.07. The van der Waals surface area contributed by atoms with Gasteiger partial charge in [0.25, 0.3) is 0 Å². The smallest absolute Gasteiger partial charge is 0.225 e. The molecular formula is C28H23FN4O. The number of anilines is 1. The molecule has 0 fully saturated rings. The molecule has 0 aliphatic heterocycles. The van der Waals surface area contributed by atoms with E-state index >= 15 is 0 Å². The van der Waals surface area contributed by atoms with Crippen molar-refractivity contribution in [2.24, 2.45) is 7.05 Å². The third kappa shape index (κ3) is 3.83. The molecule has 0 saturated carbocycles. The molecule has 3 heterocycles. The minimum atomic E-state index is -0.290. The van der Waals surface area contributed by atoms with Gasteiger partial charge in [-0.3, -0.25) is 9.78 Å². The van der Waals surface area contributed by atoms with Crippen molar-refractivity contribution in [3.8, 4) is 33.5 Å². The number of fused-ring (bicyclic) bond motifs is 1. The van der Waals surface area contributed by atoms with Gasteiger partial charge in [-0.1, -0.05) is 37.3 Å². The second-order valence-electron chi connectivity index (χ2n) is 8.05. The molecular weight excluding hydrogens is 427 g/mol. The standard InChI is InChI=1S/C28H23FN4O/c1-3-24(34)31-27-22(18-7-5-4-6-8-18)17-23-25(19-13-15-30-16-14-19)26(33(2)28(23)32-27)20-9-11-21(29)12-10-20/h4-17H,3H2,1-2H3,(H,31,32,34). The summed E-state index contributed by atoms with van der Waals surface area (Å²) in [4.78, 5) is 21.4. The van der Waals surface area contributed by atoms with Crippen LogP contribution in [-0.4, -0.2) is 20.4 Å². The number of amides is 1. The van der Waals surface area contributed by atoms with Crippen LogP contribution in [0.1, 0.15) is 13.3 Å². The van der Waals surface area contributed by atoms with Gasteiger partial charge in [-0.2, -0.15) is 0 Å². The predicted molar refractivity (Wildman–Crippen MR) is 134 cm³/mol. The quantitative estimate of drug-likeness (QED) is 0.334. The SMILES string of the molecule is CCC(=O)Nc1nc2c(cc1-c1ccccc1)c(-c1ccncc1)c(-c1ccc(F)cc1)n2C. The maximum Gasteiger partial charge on any atom is 0.225 e. The largest absolute Gasteiger partial charge is 0.328 e. The van der Waals surface area contributed by atoms with Gasteiger partial charge in [0.05, 0.1) is 5.69 Å². The minimum absolute atomic E-state index is 0.105. The van der Waals surface area contributed by atoms with E-state index in [1.807, 2.05) is 61.0 Å². The molecule has 5 nitrogen and oxygen atoms in total. The number of hydrogen-bond acceptors (Lipinski definition) is 3. The van der Waals surface area contributed by atoms with Gasteiger partial charge in [0.1, 0.15) is 17.3 Å². The first-order valence-electron chi connectivity index (χ1n) is 11.1. The topological polar surface area (TPSA) is 59.8 Å². The number of rotatable bonds is 5. The summed E-state index contributed by atoms with van der Waals surface area (Å²) in [5.41, 5.74) is 6.24. The van der Waals surface area contributed by atoms with Crippen LogP contribution in [-0.2, 0) is 11.8 Å². The Kier molecular flexibility index (Phi) is 5.64. The minimum Gasteiger partial charge on any atom is -0.328 e. The Hall–Kier alpha value is -4.32. The molecule has 0 aliphatic carbocycles. The number of carbonyl (C=O) groups is 1. The summed E-state index contributed by atoms with van der Waals surface area (Å²) in [5, 5.41) is 3.90. The molecule has 0 bridgehead atoms. The van der Waals surface area contributed by atoms with Gasteiger partial charge in [0.15, 0.2) is 0 Å².